The van der Waals surface area contributed by atoms with Crippen molar-refractivity contribution in [1.29, 1.82) is 0 Å². The number of nitrogens with zero attached hydrogens (tertiary/aromatic N) is 2. The van der Waals surface area contributed by atoms with Crippen LogP contribution in [0.1, 0.15) is 0 Å². The number of hydrogen-bond donors (Lipinski definition) is 2. The van der Waals surface area contributed by atoms with Gasteiger partial charge in [0.05, 0.1) is 22.4 Å². The third-order valence-electron chi connectivity index (χ3n) is 2.56. The van der Waals surface area contributed by atoms with Gasteiger partial charge in [0, 0.05) is 0 Å². The molecule has 0 spiro atoms. The minimum Gasteiger partial charge on any atom is -0.397 e. The average molecular weight is 210 g/mol. The van der Waals surface area contributed by atoms with Crippen molar-refractivity contribution in [3.63, 3.8) is 0 Å². The fourth-order valence-corrected chi connectivity index (χ4v) is 1.76. The highest BCUT2D eigenvalue weighted by Gasteiger charge is 2.05. The monoisotopic (exact) mass is 210 g/mol. The molecule has 0 radical (unpaired) electrons. The summed E-state index contributed by atoms with van der Waals surface area (Å²) in [4.78, 5) is 8.94. The molecule has 1 heterocycles. The lowest BCUT2D eigenvalue weighted by Gasteiger charge is -2.04. The number of benzene rings is 2. The Kier molecular flexibility index (Phi) is 1.71. The first-order valence-corrected chi connectivity index (χ1v) is 4.96. The van der Waals surface area contributed by atoms with Crippen LogP contribution in [0.3, 0.4) is 0 Å². The number of fused-ring (bicyclic) bond motifs is 2. The molecule has 16 heavy (non-hydrogen) atoms. The maximum atomic E-state index is 5.85. The van der Waals surface area contributed by atoms with Crippen molar-refractivity contribution in [1.82, 2.24) is 9.97 Å². The minimum atomic E-state index is 0.621. The number of rotatable bonds is 0. The second-order valence-corrected chi connectivity index (χ2v) is 3.65. The van der Waals surface area contributed by atoms with Crippen molar-refractivity contribution in [3.8, 4) is 0 Å². The van der Waals surface area contributed by atoms with Gasteiger partial charge < -0.3 is 11.5 Å². The molecule has 1 aromatic heterocycles. The van der Waals surface area contributed by atoms with E-state index in [0.29, 0.717) is 22.4 Å². The van der Waals surface area contributed by atoms with Crippen LogP contribution in [0, 0.1) is 0 Å². The highest BCUT2D eigenvalue weighted by atomic mass is 14.8. The van der Waals surface area contributed by atoms with E-state index in [1.165, 1.54) is 0 Å². The highest BCUT2D eigenvalue weighted by Crippen LogP contribution is 2.23. The lowest BCUT2D eigenvalue weighted by atomic mass is 10.2. The van der Waals surface area contributed by atoms with Crippen LogP contribution in [0.5, 0.6) is 0 Å². The molecule has 4 N–H and O–H groups in total. The Morgan fingerprint density at radius 2 is 1.19 bits per heavy atom. The third kappa shape index (κ3) is 1.16. The fourth-order valence-electron chi connectivity index (χ4n) is 1.76. The van der Waals surface area contributed by atoms with Crippen LogP contribution < -0.4 is 11.5 Å². The Labute approximate surface area is 91.9 Å². The van der Waals surface area contributed by atoms with Crippen LogP contribution in [0.15, 0.2) is 36.4 Å². The van der Waals surface area contributed by atoms with E-state index in [2.05, 4.69) is 9.97 Å². The second kappa shape index (κ2) is 3.06. The molecular formula is C12H10N4. The van der Waals surface area contributed by atoms with Crippen LogP contribution >= 0.6 is 0 Å². The van der Waals surface area contributed by atoms with Gasteiger partial charge >= 0.3 is 0 Å². The molecule has 0 aliphatic carbocycles. The van der Waals surface area contributed by atoms with Crippen molar-refractivity contribution in [2.75, 3.05) is 11.5 Å². The van der Waals surface area contributed by atoms with Gasteiger partial charge in [-0.3, -0.25) is 0 Å². The van der Waals surface area contributed by atoms with E-state index in [1.54, 1.807) is 0 Å². The Morgan fingerprint density at radius 3 is 1.69 bits per heavy atom. The molecule has 3 rings (SSSR count). The molecule has 0 aliphatic heterocycles. The number of para-hydroxylation sites is 2. The maximum absolute atomic E-state index is 5.85. The quantitative estimate of drug-likeness (QED) is 0.439. The molecule has 0 unspecified atom stereocenters. The molecule has 4 heteroatoms. The van der Waals surface area contributed by atoms with Crippen molar-refractivity contribution >= 4 is 33.4 Å². The van der Waals surface area contributed by atoms with Gasteiger partial charge in [-0.1, -0.05) is 12.1 Å². The smallest absolute Gasteiger partial charge is 0.112 e. The summed E-state index contributed by atoms with van der Waals surface area (Å²) in [5, 5.41) is 0. The van der Waals surface area contributed by atoms with E-state index >= 15 is 0 Å². The van der Waals surface area contributed by atoms with Gasteiger partial charge in [-0.25, -0.2) is 9.97 Å². The van der Waals surface area contributed by atoms with Crippen molar-refractivity contribution in [2.24, 2.45) is 0 Å². The van der Waals surface area contributed by atoms with E-state index in [0.717, 1.165) is 11.0 Å². The van der Waals surface area contributed by atoms with Crippen LogP contribution in [0.25, 0.3) is 22.1 Å². The summed E-state index contributed by atoms with van der Waals surface area (Å²) in [6, 6.07) is 11.1. The van der Waals surface area contributed by atoms with E-state index in [4.69, 9.17) is 11.5 Å². The molecule has 0 fully saturated rings. The first-order chi connectivity index (χ1) is 7.75. The largest absolute Gasteiger partial charge is 0.397 e. The van der Waals surface area contributed by atoms with Crippen molar-refractivity contribution in [2.45, 2.75) is 0 Å². The average Bonchev–Trinajstić information content (AvgIpc) is 2.28. The van der Waals surface area contributed by atoms with Crippen LogP contribution in [-0.4, -0.2) is 9.97 Å². The van der Waals surface area contributed by atoms with Gasteiger partial charge in [0.2, 0.25) is 0 Å². The fraction of sp³-hybridized carbons (Fsp3) is 0. The molecule has 0 bridgehead atoms. The predicted octanol–water partition coefficient (Wildman–Crippen LogP) is 1.95. The van der Waals surface area contributed by atoms with Crippen LogP contribution in [0.4, 0.5) is 11.4 Å². The zero-order valence-corrected chi connectivity index (χ0v) is 8.51. The molecule has 0 saturated heterocycles. The summed E-state index contributed by atoms with van der Waals surface area (Å²) in [6.45, 7) is 0. The standard InChI is InChI=1S/C12H10N4/c13-7-3-1-5-9-11(7)16-12-8(14)4-2-6-10(12)15-9/h1-6H,13-14H2. The number of nitrogen functional groups attached to an aromatic ring is 2. The lowest BCUT2D eigenvalue weighted by Crippen LogP contribution is -1.95. The molecule has 4 nitrogen and oxygen atoms in total. The first-order valence-electron chi connectivity index (χ1n) is 4.96. The molecule has 0 saturated carbocycles. The molecular weight excluding hydrogens is 200 g/mol. The molecule has 0 amide bonds. The molecule has 3 aromatic rings. The van der Waals surface area contributed by atoms with E-state index in [-0.39, 0.29) is 0 Å². The summed E-state index contributed by atoms with van der Waals surface area (Å²) in [7, 11) is 0. The van der Waals surface area contributed by atoms with Crippen molar-refractivity contribution < 1.29 is 0 Å². The predicted molar refractivity (Wildman–Crippen MR) is 65.9 cm³/mol. The normalized spacial score (nSPS) is 11.0. The lowest BCUT2D eigenvalue weighted by molar-refractivity contribution is 1.40. The van der Waals surface area contributed by atoms with Gasteiger partial charge in [-0.2, -0.15) is 0 Å². The van der Waals surface area contributed by atoms with E-state index in [1.807, 2.05) is 36.4 Å². The summed E-state index contributed by atoms with van der Waals surface area (Å²) in [5.74, 6) is 0. The molecule has 0 aliphatic rings. The highest BCUT2D eigenvalue weighted by molar-refractivity contribution is 5.96. The third-order valence-corrected chi connectivity index (χ3v) is 2.56. The Balaban J connectivity index is 2.55. The van der Waals surface area contributed by atoms with Crippen LogP contribution in [0.2, 0.25) is 0 Å². The number of anilines is 2. The molecule has 0 atom stereocenters. The minimum absolute atomic E-state index is 0.621. The molecule has 2 aromatic carbocycles. The Bertz CT molecular complexity index is 634. The second-order valence-electron chi connectivity index (χ2n) is 3.65. The zero-order chi connectivity index (χ0) is 11.1. The van der Waals surface area contributed by atoms with Gasteiger partial charge in [-0.15, -0.1) is 0 Å². The van der Waals surface area contributed by atoms with E-state index < -0.39 is 0 Å². The SMILES string of the molecule is Nc1cccc2nc3cccc(N)c3nc12. The maximum Gasteiger partial charge on any atom is 0.112 e. The number of hydrogen-bond acceptors (Lipinski definition) is 4. The van der Waals surface area contributed by atoms with Gasteiger partial charge in [0.15, 0.2) is 0 Å². The van der Waals surface area contributed by atoms with Crippen LogP contribution in [-0.2, 0) is 0 Å². The topological polar surface area (TPSA) is 77.8 Å². The first kappa shape index (κ1) is 8.91. The van der Waals surface area contributed by atoms with Gasteiger partial charge in [0.1, 0.15) is 11.0 Å². The summed E-state index contributed by atoms with van der Waals surface area (Å²) < 4.78 is 0. The van der Waals surface area contributed by atoms with Crippen molar-refractivity contribution in [3.05, 3.63) is 36.4 Å². The summed E-state index contributed by atoms with van der Waals surface area (Å²) in [6.07, 6.45) is 0. The number of aromatic nitrogens is 2. The number of nitrogens with two attached hydrogens (primary N) is 2. The van der Waals surface area contributed by atoms with Gasteiger partial charge in [0.25, 0.3) is 0 Å². The Hall–Kier alpha value is -2.36. The molecule has 78 valence electrons. The summed E-state index contributed by atoms with van der Waals surface area (Å²) in [5.41, 5.74) is 15.9. The van der Waals surface area contributed by atoms with E-state index in [9.17, 15) is 0 Å². The van der Waals surface area contributed by atoms with Gasteiger partial charge in [-0.05, 0) is 24.3 Å². The zero-order valence-electron chi connectivity index (χ0n) is 8.51. The summed E-state index contributed by atoms with van der Waals surface area (Å²) >= 11 is 0. The Morgan fingerprint density at radius 1 is 0.688 bits per heavy atom.